The maximum Gasteiger partial charge on any atom is 0.223 e. The zero-order valence-corrected chi connectivity index (χ0v) is 12.7. The molecule has 0 fully saturated rings. The molecule has 1 atom stereocenters. The molecule has 3 rings (SSSR count). The Morgan fingerprint density at radius 1 is 1.27 bits per heavy atom. The maximum absolute atomic E-state index is 12.5. The molecular weight excluding hydrogens is 276 g/mol. The number of carbonyl (C=O) groups excluding carboxylic acids is 1. The predicted octanol–water partition coefficient (Wildman–Crippen LogP) is 3.00. The van der Waals surface area contributed by atoms with Gasteiger partial charge in [0.25, 0.3) is 0 Å². The fraction of sp³-hybridized carbons (Fsp3) is 0.333. The molecule has 0 radical (unpaired) electrons. The van der Waals surface area contributed by atoms with E-state index in [2.05, 4.69) is 11.1 Å². The zero-order chi connectivity index (χ0) is 15.4. The monoisotopic (exact) mass is 296 g/mol. The Morgan fingerprint density at radius 2 is 2.09 bits per heavy atom. The number of benzene rings is 1. The van der Waals surface area contributed by atoms with Gasteiger partial charge in [0.05, 0.1) is 18.8 Å². The third-order valence-corrected chi connectivity index (χ3v) is 4.05. The Labute approximate surface area is 130 Å². The van der Waals surface area contributed by atoms with Gasteiger partial charge >= 0.3 is 0 Å². The van der Waals surface area contributed by atoms with Gasteiger partial charge in [0.1, 0.15) is 5.75 Å². The summed E-state index contributed by atoms with van der Waals surface area (Å²) in [5, 5.41) is 0. The van der Waals surface area contributed by atoms with E-state index in [0.29, 0.717) is 19.6 Å². The van der Waals surface area contributed by atoms with Crippen molar-refractivity contribution in [1.82, 2.24) is 9.88 Å². The van der Waals surface area contributed by atoms with Gasteiger partial charge in [0.2, 0.25) is 5.91 Å². The third-order valence-electron chi connectivity index (χ3n) is 4.05. The Bertz CT molecular complexity index is 643. The lowest BCUT2D eigenvalue weighted by Gasteiger charge is -2.27. The molecule has 4 heteroatoms. The minimum atomic E-state index is 0.146. The number of rotatable bonds is 4. The van der Waals surface area contributed by atoms with Crippen LogP contribution in [0.15, 0.2) is 48.7 Å². The average Bonchev–Trinajstić information content (AvgIpc) is 2.56. The summed E-state index contributed by atoms with van der Waals surface area (Å²) < 4.78 is 5.66. The normalized spacial score (nSPS) is 16.5. The smallest absolute Gasteiger partial charge is 0.223 e. The molecule has 0 aliphatic carbocycles. The Hall–Kier alpha value is -2.36. The van der Waals surface area contributed by atoms with Crippen LogP contribution in [0, 0.1) is 0 Å². The summed E-state index contributed by atoms with van der Waals surface area (Å²) in [6, 6.07) is 13.8. The summed E-state index contributed by atoms with van der Waals surface area (Å²) in [6.45, 7) is 1.23. The van der Waals surface area contributed by atoms with E-state index in [-0.39, 0.29) is 11.8 Å². The second kappa shape index (κ2) is 6.60. The number of nitrogens with zero attached hydrogens (tertiary/aromatic N) is 2. The Kier molecular flexibility index (Phi) is 4.37. The van der Waals surface area contributed by atoms with E-state index in [1.54, 1.807) is 11.1 Å². The fourth-order valence-corrected chi connectivity index (χ4v) is 2.82. The van der Waals surface area contributed by atoms with Crippen molar-refractivity contribution in [3.05, 3.63) is 59.9 Å². The number of ether oxygens (including phenoxy) is 1. The lowest BCUT2D eigenvalue weighted by atomic mass is 9.90. The van der Waals surface area contributed by atoms with Crippen molar-refractivity contribution < 1.29 is 9.53 Å². The molecule has 1 aliphatic heterocycles. The molecule has 22 heavy (non-hydrogen) atoms. The number of pyridine rings is 1. The van der Waals surface area contributed by atoms with Crippen molar-refractivity contribution in [3.8, 4) is 5.75 Å². The van der Waals surface area contributed by atoms with E-state index >= 15 is 0 Å². The number of para-hydroxylation sites is 1. The zero-order valence-electron chi connectivity index (χ0n) is 12.7. The molecule has 0 N–H and O–H groups in total. The molecule has 4 nitrogen and oxygen atoms in total. The van der Waals surface area contributed by atoms with Crippen molar-refractivity contribution in [1.29, 1.82) is 0 Å². The summed E-state index contributed by atoms with van der Waals surface area (Å²) >= 11 is 0. The highest BCUT2D eigenvalue weighted by atomic mass is 16.5. The van der Waals surface area contributed by atoms with Gasteiger partial charge < -0.3 is 9.64 Å². The Balaban J connectivity index is 1.65. The first kappa shape index (κ1) is 14.6. The lowest BCUT2D eigenvalue weighted by molar-refractivity contribution is -0.131. The molecule has 1 amide bonds. The van der Waals surface area contributed by atoms with Crippen molar-refractivity contribution in [2.75, 3.05) is 13.7 Å². The van der Waals surface area contributed by atoms with Gasteiger partial charge in [-0.05, 0) is 36.1 Å². The summed E-state index contributed by atoms with van der Waals surface area (Å²) in [5.74, 6) is 1.30. The topological polar surface area (TPSA) is 42.4 Å². The molecule has 0 spiro atoms. The van der Waals surface area contributed by atoms with Crippen LogP contribution < -0.4 is 4.74 Å². The largest absolute Gasteiger partial charge is 0.493 e. The summed E-state index contributed by atoms with van der Waals surface area (Å²) in [5.41, 5.74) is 2.05. The fourth-order valence-electron chi connectivity index (χ4n) is 2.82. The molecule has 0 bridgehead atoms. The first-order valence-electron chi connectivity index (χ1n) is 7.59. The predicted molar refractivity (Wildman–Crippen MR) is 84.6 cm³/mol. The van der Waals surface area contributed by atoms with Gasteiger partial charge in [0, 0.05) is 19.7 Å². The van der Waals surface area contributed by atoms with Crippen LogP contribution in [0.2, 0.25) is 0 Å². The summed E-state index contributed by atoms with van der Waals surface area (Å²) in [6.07, 6.45) is 3.16. The number of hydrogen-bond donors (Lipinski definition) is 0. The van der Waals surface area contributed by atoms with Gasteiger partial charge in [-0.25, -0.2) is 0 Å². The van der Waals surface area contributed by atoms with Crippen molar-refractivity contribution >= 4 is 5.91 Å². The summed E-state index contributed by atoms with van der Waals surface area (Å²) in [4.78, 5) is 18.5. The summed E-state index contributed by atoms with van der Waals surface area (Å²) in [7, 11) is 1.84. The van der Waals surface area contributed by atoms with E-state index in [9.17, 15) is 4.79 Å². The van der Waals surface area contributed by atoms with Gasteiger partial charge in [-0.15, -0.1) is 0 Å². The van der Waals surface area contributed by atoms with E-state index in [1.807, 2.05) is 43.4 Å². The van der Waals surface area contributed by atoms with Crippen LogP contribution in [0.3, 0.4) is 0 Å². The van der Waals surface area contributed by atoms with Crippen LogP contribution in [0.4, 0.5) is 0 Å². The standard InChI is InChI=1S/C18H20N2O2/c1-20(13-15-6-4-5-10-19-15)18(21)12-14-9-11-22-17-8-3-2-7-16(14)17/h2-8,10,14H,9,11-13H2,1H3/t14-/m0/s1. The minimum Gasteiger partial charge on any atom is -0.493 e. The first-order chi connectivity index (χ1) is 10.7. The quantitative estimate of drug-likeness (QED) is 0.871. The number of hydrogen-bond acceptors (Lipinski definition) is 3. The van der Waals surface area contributed by atoms with E-state index < -0.39 is 0 Å². The number of carbonyl (C=O) groups is 1. The maximum atomic E-state index is 12.5. The van der Waals surface area contributed by atoms with Gasteiger partial charge in [-0.1, -0.05) is 24.3 Å². The molecular formula is C18H20N2O2. The second-order valence-electron chi connectivity index (χ2n) is 5.65. The molecule has 1 aromatic heterocycles. The highest BCUT2D eigenvalue weighted by Crippen LogP contribution is 2.35. The van der Waals surface area contributed by atoms with E-state index in [4.69, 9.17) is 4.74 Å². The van der Waals surface area contributed by atoms with Crippen LogP contribution in [0.1, 0.15) is 30.0 Å². The van der Waals surface area contributed by atoms with Crippen LogP contribution in [0.5, 0.6) is 5.75 Å². The highest BCUT2D eigenvalue weighted by molar-refractivity contribution is 5.77. The number of aromatic nitrogens is 1. The second-order valence-corrected chi connectivity index (χ2v) is 5.65. The van der Waals surface area contributed by atoms with E-state index in [1.165, 1.54) is 0 Å². The number of fused-ring (bicyclic) bond motifs is 1. The van der Waals surface area contributed by atoms with Crippen molar-refractivity contribution in [3.63, 3.8) is 0 Å². The molecule has 2 aromatic rings. The third kappa shape index (κ3) is 3.27. The molecule has 0 saturated heterocycles. The van der Waals surface area contributed by atoms with E-state index in [0.717, 1.165) is 23.4 Å². The van der Waals surface area contributed by atoms with Crippen LogP contribution in [-0.2, 0) is 11.3 Å². The highest BCUT2D eigenvalue weighted by Gasteiger charge is 2.24. The van der Waals surface area contributed by atoms with Gasteiger partial charge in [-0.3, -0.25) is 9.78 Å². The minimum absolute atomic E-state index is 0.146. The SMILES string of the molecule is CN(Cc1ccccn1)C(=O)C[C@@H]1CCOc2ccccc21. The molecule has 0 unspecified atom stereocenters. The molecule has 0 saturated carbocycles. The molecule has 1 aromatic carbocycles. The Morgan fingerprint density at radius 3 is 2.91 bits per heavy atom. The van der Waals surface area contributed by atoms with Crippen LogP contribution in [-0.4, -0.2) is 29.4 Å². The van der Waals surface area contributed by atoms with Gasteiger partial charge in [0.15, 0.2) is 0 Å². The van der Waals surface area contributed by atoms with Gasteiger partial charge in [-0.2, -0.15) is 0 Å². The lowest BCUT2D eigenvalue weighted by Crippen LogP contribution is -2.29. The number of amides is 1. The van der Waals surface area contributed by atoms with Crippen LogP contribution >= 0.6 is 0 Å². The molecule has 114 valence electrons. The molecule has 1 aliphatic rings. The first-order valence-corrected chi connectivity index (χ1v) is 7.59. The van der Waals surface area contributed by atoms with Crippen molar-refractivity contribution in [2.24, 2.45) is 0 Å². The molecule has 2 heterocycles. The average molecular weight is 296 g/mol. The van der Waals surface area contributed by atoms with Crippen LogP contribution in [0.25, 0.3) is 0 Å². The van der Waals surface area contributed by atoms with Crippen molar-refractivity contribution in [2.45, 2.75) is 25.3 Å².